The molecule has 0 unspecified atom stereocenters. The van der Waals surface area contributed by atoms with E-state index in [1.165, 1.54) is 25.7 Å². The minimum Gasteiger partial charge on any atom is -0.296 e. The van der Waals surface area contributed by atoms with Crippen molar-refractivity contribution in [3.63, 3.8) is 0 Å². The molecule has 1 aromatic heterocycles. The van der Waals surface area contributed by atoms with Crippen LogP contribution in [0.1, 0.15) is 54.8 Å². The zero-order valence-electron chi connectivity index (χ0n) is 15.5. The Kier molecular flexibility index (Phi) is 8.14. The van der Waals surface area contributed by atoms with Gasteiger partial charge in [-0.1, -0.05) is 50.4 Å². The Hall–Kier alpha value is -1.16. The van der Waals surface area contributed by atoms with Gasteiger partial charge in [-0.15, -0.1) is 11.3 Å². The fraction of sp³-hybridized carbons (Fsp3) is 0.476. The Balaban J connectivity index is 0.000000701. The Morgan fingerprint density at radius 1 is 1.12 bits per heavy atom. The Bertz CT molecular complexity index is 672. The summed E-state index contributed by atoms with van der Waals surface area (Å²) in [6.45, 7) is 8.95. The summed E-state index contributed by atoms with van der Waals surface area (Å²) in [5, 5.41) is 0.735. The van der Waals surface area contributed by atoms with Gasteiger partial charge >= 0.3 is 0 Å². The SMILES string of the molecule is CCC.Cc1sc(-c2ccc(Cl)cc2)cc1C(=O)CN1CCCCC1. The average molecular weight is 378 g/mol. The summed E-state index contributed by atoms with van der Waals surface area (Å²) in [5.41, 5.74) is 2.00. The van der Waals surface area contributed by atoms with Crippen LogP contribution < -0.4 is 0 Å². The number of aryl methyl sites for hydroxylation is 1. The number of rotatable bonds is 4. The van der Waals surface area contributed by atoms with E-state index >= 15 is 0 Å². The van der Waals surface area contributed by atoms with Gasteiger partial charge in [-0.3, -0.25) is 9.69 Å². The number of hydrogen-bond donors (Lipinski definition) is 0. The van der Waals surface area contributed by atoms with Crippen molar-refractivity contribution in [2.45, 2.75) is 46.5 Å². The number of benzene rings is 1. The third-order valence-electron chi connectivity index (χ3n) is 4.16. The topological polar surface area (TPSA) is 20.3 Å². The predicted octanol–water partition coefficient (Wildman–Crippen LogP) is 6.46. The first-order chi connectivity index (χ1) is 12.0. The van der Waals surface area contributed by atoms with Crippen LogP contribution in [0.25, 0.3) is 10.4 Å². The number of thiophene rings is 1. The van der Waals surface area contributed by atoms with Crippen molar-refractivity contribution in [3.8, 4) is 10.4 Å². The number of carbonyl (C=O) groups excluding carboxylic acids is 1. The number of hydrogen-bond acceptors (Lipinski definition) is 3. The summed E-state index contributed by atoms with van der Waals surface area (Å²) in [4.78, 5) is 17.1. The van der Waals surface area contributed by atoms with E-state index in [-0.39, 0.29) is 5.78 Å². The highest BCUT2D eigenvalue weighted by Gasteiger charge is 2.18. The molecule has 25 heavy (non-hydrogen) atoms. The van der Waals surface area contributed by atoms with Crippen LogP contribution in [0.15, 0.2) is 30.3 Å². The monoisotopic (exact) mass is 377 g/mol. The van der Waals surface area contributed by atoms with E-state index in [1.54, 1.807) is 11.3 Å². The molecule has 1 fully saturated rings. The van der Waals surface area contributed by atoms with Crippen LogP contribution in [0.4, 0.5) is 0 Å². The zero-order chi connectivity index (χ0) is 18.2. The second kappa shape index (κ2) is 10.1. The number of carbonyl (C=O) groups is 1. The number of ketones is 1. The van der Waals surface area contributed by atoms with E-state index in [0.29, 0.717) is 6.54 Å². The molecule has 2 nitrogen and oxygen atoms in total. The number of Topliss-reactive ketones (excluding diaryl/α,β-unsaturated/α-hetero) is 1. The molecule has 0 aliphatic carbocycles. The minimum atomic E-state index is 0.246. The first kappa shape index (κ1) is 20.2. The van der Waals surface area contributed by atoms with E-state index in [9.17, 15) is 4.79 Å². The van der Waals surface area contributed by atoms with Crippen molar-refractivity contribution in [1.82, 2.24) is 4.90 Å². The first-order valence-electron chi connectivity index (χ1n) is 9.17. The van der Waals surface area contributed by atoms with Gasteiger partial charge in [0.25, 0.3) is 0 Å². The van der Waals surface area contributed by atoms with Crippen LogP contribution in [-0.4, -0.2) is 30.3 Å². The van der Waals surface area contributed by atoms with Crippen molar-refractivity contribution in [1.29, 1.82) is 0 Å². The molecule has 2 aromatic rings. The number of likely N-dealkylation sites (tertiary alicyclic amines) is 1. The van der Waals surface area contributed by atoms with Gasteiger partial charge in [-0.05, 0) is 56.6 Å². The number of nitrogens with zero attached hydrogens (tertiary/aromatic N) is 1. The van der Waals surface area contributed by atoms with Gasteiger partial charge in [0.05, 0.1) is 6.54 Å². The molecule has 1 saturated heterocycles. The van der Waals surface area contributed by atoms with E-state index in [1.807, 2.05) is 37.3 Å². The van der Waals surface area contributed by atoms with Gasteiger partial charge in [-0.2, -0.15) is 0 Å². The highest BCUT2D eigenvalue weighted by atomic mass is 35.5. The molecule has 4 heteroatoms. The Labute approximate surface area is 160 Å². The zero-order valence-corrected chi connectivity index (χ0v) is 17.1. The van der Waals surface area contributed by atoms with Crippen molar-refractivity contribution in [2.24, 2.45) is 0 Å². The summed E-state index contributed by atoms with van der Waals surface area (Å²) in [7, 11) is 0. The molecule has 0 radical (unpaired) electrons. The van der Waals surface area contributed by atoms with Crippen molar-refractivity contribution in [2.75, 3.05) is 19.6 Å². The van der Waals surface area contributed by atoms with E-state index in [2.05, 4.69) is 18.7 Å². The van der Waals surface area contributed by atoms with Crippen LogP contribution >= 0.6 is 22.9 Å². The summed E-state index contributed by atoms with van der Waals surface area (Å²) in [6, 6.07) is 9.83. The molecule has 136 valence electrons. The quantitative estimate of drug-likeness (QED) is 0.569. The Morgan fingerprint density at radius 2 is 1.72 bits per heavy atom. The standard InChI is InChI=1S/C18H20ClNOS.C3H8/c1-13-16(17(21)12-20-9-3-2-4-10-20)11-18(22-13)14-5-7-15(19)8-6-14;1-3-2/h5-8,11H,2-4,9-10,12H2,1H3;3H2,1-2H3. The Morgan fingerprint density at radius 3 is 2.32 bits per heavy atom. The molecule has 0 atom stereocenters. The molecule has 1 aliphatic heterocycles. The molecule has 0 amide bonds. The normalized spacial score (nSPS) is 14.7. The lowest BCUT2D eigenvalue weighted by atomic mass is 10.1. The van der Waals surface area contributed by atoms with Gasteiger partial charge < -0.3 is 0 Å². The molecular formula is C21H28ClNOS. The van der Waals surface area contributed by atoms with Crippen LogP contribution in [0.3, 0.4) is 0 Å². The average Bonchev–Trinajstić information content (AvgIpc) is 2.99. The number of piperidine rings is 1. The maximum atomic E-state index is 12.6. The lowest BCUT2D eigenvalue weighted by molar-refractivity contribution is 0.0915. The molecule has 0 spiro atoms. The fourth-order valence-corrected chi connectivity index (χ4v) is 4.09. The molecule has 0 saturated carbocycles. The molecule has 0 N–H and O–H groups in total. The van der Waals surface area contributed by atoms with Crippen molar-refractivity contribution >= 4 is 28.7 Å². The maximum Gasteiger partial charge on any atom is 0.177 e. The van der Waals surface area contributed by atoms with E-state index in [0.717, 1.165) is 39.0 Å². The van der Waals surface area contributed by atoms with Gasteiger partial charge in [0.1, 0.15) is 0 Å². The van der Waals surface area contributed by atoms with Crippen molar-refractivity contribution in [3.05, 3.63) is 45.8 Å². The maximum absolute atomic E-state index is 12.6. The highest BCUT2D eigenvalue weighted by molar-refractivity contribution is 7.15. The largest absolute Gasteiger partial charge is 0.296 e. The lowest BCUT2D eigenvalue weighted by Crippen LogP contribution is -2.34. The highest BCUT2D eigenvalue weighted by Crippen LogP contribution is 2.32. The predicted molar refractivity (Wildman–Crippen MR) is 110 cm³/mol. The van der Waals surface area contributed by atoms with E-state index in [4.69, 9.17) is 11.6 Å². The molecule has 0 bridgehead atoms. The van der Waals surface area contributed by atoms with Crippen LogP contribution in [0.5, 0.6) is 0 Å². The summed E-state index contributed by atoms with van der Waals surface area (Å²) in [5.74, 6) is 0.246. The first-order valence-corrected chi connectivity index (χ1v) is 10.4. The van der Waals surface area contributed by atoms with Crippen LogP contribution in [0, 0.1) is 6.92 Å². The summed E-state index contributed by atoms with van der Waals surface area (Å²) in [6.07, 6.45) is 4.97. The molecular weight excluding hydrogens is 350 g/mol. The number of halogens is 1. The van der Waals surface area contributed by atoms with E-state index < -0.39 is 0 Å². The fourth-order valence-electron chi connectivity index (χ4n) is 2.92. The second-order valence-corrected chi connectivity index (χ2v) is 8.25. The van der Waals surface area contributed by atoms with Crippen LogP contribution in [0.2, 0.25) is 5.02 Å². The second-order valence-electron chi connectivity index (χ2n) is 6.55. The molecule has 2 heterocycles. The van der Waals surface area contributed by atoms with Crippen molar-refractivity contribution < 1.29 is 4.79 Å². The molecule has 1 aromatic carbocycles. The molecule has 3 rings (SSSR count). The van der Waals surface area contributed by atoms with Crippen LogP contribution in [-0.2, 0) is 0 Å². The van der Waals surface area contributed by atoms with Gasteiger partial charge in [0, 0.05) is 20.3 Å². The minimum absolute atomic E-state index is 0.246. The third-order valence-corrected chi connectivity index (χ3v) is 5.51. The van der Waals surface area contributed by atoms with Gasteiger partial charge in [0.2, 0.25) is 0 Å². The smallest absolute Gasteiger partial charge is 0.177 e. The third kappa shape index (κ3) is 5.95. The summed E-state index contributed by atoms with van der Waals surface area (Å²) < 4.78 is 0. The lowest BCUT2D eigenvalue weighted by Gasteiger charge is -2.25. The summed E-state index contributed by atoms with van der Waals surface area (Å²) >= 11 is 7.62. The van der Waals surface area contributed by atoms with Gasteiger partial charge in [0.15, 0.2) is 5.78 Å². The van der Waals surface area contributed by atoms with Gasteiger partial charge in [-0.25, -0.2) is 0 Å². The molecule has 1 aliphatic rings.